The van der Waals surface area contributed by atoms with E-state index < -0.39 is 0 Å². The van der Waals surface area contributed by atoms with Crippen molar-refractivity contribution in [3.05, 3.63) is 23.8 Å². The summed E-state index contributed by atoms with van der Waals surface area (Å²) in [6.45, 7) is 5.11. The van der Waals surface area contributed by atoms with Gasteiger partial charge in [-0.05, 0) is 35.9 Å². The molecule has 0 unspecified atom stereocenters. The van der Waals surface area contributed by atoms with Crippen molar-refractivity contribution >= 4 is 23.7 Å². The number of rotatable bonds is 7. The zero-order valence-corrected chi connectivity index (χ0v) is 18.9. The summed E-state index contributed by atoms with van der Waals surface area (Å²) >= 11 is 1.94. The molecular formula is C22H32N2O5S. The van der Waals surface area contributed by atoms with E-state index in [9.17, 15) is 4.79 Å². The summed E-state index contributed by atoms with van der Waals surface area (Å²) in [5, 5.41) is 0. The standard InChI is InChI=1S/C22H32N2O5S/c1-26-19-13-17(14-20(27-2)22(19)28-3)5-6-21(25)24-7-4-12-30-16-18(24)15-23-8-10-29-11-9-23/h5-6,13-14,18H,4,7-12,15-16H2,1-3H3/b6-5+/t18-/m0/s1. The zero-order valence-electron chi connectivity index (χ0n) is 18.1. The van der Waals surface area contributed by atoms with Gasteiger partial charge in [0.15, 0.2) is 11.5 Å². The maximum absolute atomic E-state index is 13.1. The van der Waals surface area contributed by atoms with E-state index in [1.54, 1.807) is 27.4 Å². The molecule has 1 atom stereocenters. The lowest BCUT2D eigenvalue weighted by atomic mass is 10.1. The third-order valence-electron chi connectivity index (χ3n) is 5.40. The van der Waals surface area contributed by atoms with Gasteiger partial charge >= 0.3 is 0 Å². The minimum absolute atomic E-state index is 0.0458. The highest BCUT2D eigenvalue weighted by Gasteiger charge is 2.27. The monoisotopic (exact) mass is 436 g/mol. The van der Waals surface area contributed by atoms with Gasteiger partial charge in [0.1, 0.15) is 0 Å². The molecule has 8 heteroatoms. The number of benzene rings is 1. The molecular weight excluding hydrogens is 404 g/mol. The van der Waals surface area contributed by atoms with Gasteiger partial charge in [0.25, 0.3) is 0 Å². The Morgan fingerprint density at radius 2 is 1.83 bits per heavy atom. The molecule has 2 aliphatic heterocycles. The summed E-state index contributed by atoms with van der Waals surface area (Å²) in [6.07, 6.45) is 4.49. The number of hydrogen-bond acceptors (Lipinski definition) is 7. The highest BCUT2D eigenvalue weighted by Crippen LogP contribution is 2.38. The second-order valence-corrected chi connectivity index (χ2v) is 8.47. The van der Waals surface area contributed by atoms with Gasteiger partial charge in [0, 0.05) is 38.0 Å². The number of nitrogens with zero attached hydrogens (tertiary/aromatic N) is 2. The predicted molar refractivity (Wildman–Crippen MR) is 120 cm³/mol. The molecule has 0 spiro atoms. The summed E-state index contributed by atoms with van der Waals surface area (Å²) in [6, 6.07) is 3.90. The van der Waals surface area contributed by atoms with E-state index >= 15 is 0 Å². The molecule has 3 rings (SSSR count). The third-order valence-corrected chi connectivity index (χ3v) is 6.60. The molecule has 2 fully saturated rings. The fourth-order valence-electron chi connectivity index (χ4n) is 3.81. The molecule has 1 aromatic carbocycles. The van der Waals surface area contributed by atoms with Crippen molar-refractivity contribution < 1.29 is 23.7 Å². The van der Waals surface area contributed by atoms with Crippen molar-refractivity contribution in [2.24, 2.45) is 0 Å². The second kappa shape index (κ2) is 11.5. The first kappa shape index (κ1) is 22.8. The van der Waals surface area contributed by atoms with Crippen molar-refractivity contribution in [3.63, 3.8) is 0 Å². The highest BCUT2D eigenvalue weighted by atomic mass is 32.2. The predicted octanol–water partition coefficient (Wildman–Crippen LogP) is 2.39. The van der Waals surface area contributed by atoms with Crippen LogP contribution >= 0.6 is 11.8 Å². The molecule has 7 nitrogen and oxygen atoms in total. The molecule has 0 bridgehead atoms. The number of hydrogen-bond donors (Lipinski definition) is 0. The number of thioether (sulfide) groups is 1. The van der Waals surface area contributed by atoms with Gasteiger partial charge in [-0.1, -0.05) is 0 Å². The number of methoxy groups -OCH3 is 3. The minimum Gasteiger partial charge on any atom is -0.493 e. The van der Waals surface area contributed by atoms with Crippen molar-refractivity contribution in [3.8, 4) is 17.2 Å². The molecule has 1 amide bonds. The van der Waals surface area contributed by atoms with E-state index in [4.69, 9.17) is 18.9 Å². The summed E-state index contributed by atoms with van der Waals surface area (Å²) < 4.78 is 21.6. The van der Waals surface area contributed by atoms with Crippen molar-refractivity contribution in [2.75, 3.05) is 72.2 Å². The maximum Gasteiger partial charge on any atom is 0.246 e. The van der Waals surface area contributed by atoms with Gasteiger partial charge in [0.05, 0.1) is 40.6 Å². The summed E-state index contributed by atoms with van der Waals surface area (Å²) in [5.41, 5.74) is 0.826. The molecule has 0 aromatic heterocycles. The van der Waals surface area contributed by atoms with Crippen molar-refractivity contribution in [1.29, 1.82) is 0 Å². The Balaban J connectivity index is 1.74. The zero-order chi connectivity index (χ0) is 21.3. The van der Waals surface area contributed by atoms with E-state index in [0.717, 1.165) is 62.9 Å². The maximum atomic E-state index is 13.1. The Labute approximate surface area is 183 Å². The van der Waals surface area contributed by atoms with Crippen LogP contribution in [0.5, 0.6) is 17.2 Å². The molecule has 0 radical (unpaired) electrons. The molecule has 2 aliphatic rings. The number of morpholine rings is 1. The first-order valence-electron chi connectivity index (χ1n) is 10.3. The number of ether oxygens (including phenoxy) is 4. The number of carbonyl (C=O) groups excluding carboxylic acids is 1. The van der Waals surface area contributed by atoms with E-state index in [-0.39, 0.29) is 11.9 Å². The lowest BCUT2D eigenvalue weighted by Gasteiger charge is -2.35. The van der Waals surface area contributed by atoms with Gasteiger partial charge in [-0.2, -0.15) is 11.8 Å². The molecule has 0 saturated carbocycles. The summed E-state index contributed by atoms with van der Waals surface area (Å²) in [4.78, 5) is 17.5. The normalized spacial score (nSPS) is 20.8. The Bertz CT molecular complexity index is 711. The van der Waals surface area contributed by atoms with E-state index in [0.29, 0.717) is 17.2 Å². The molecule has 2 heterocycles. The van der Waals surface area contributed by atoms with Crippen LogP contribution in [0, 0.1) is 0 Å². The van der Waals surface area contributed by atoms with Crippen molar-refractivity contribution in [1.82, 2.24) is 9.80 Å². The molecule has 2 saturated heterocycles. The summed E-state index contributed by atoms with van der Waals surface area (Å²) in [5.74, 6) is 3.80. The van der Waals surface area contributed by atoms with Gasteiger partial charge < -0.3 is 23.8 Å². The Morgan fingerprint density at radius 1 is 1.13 bits per heavy atom. The van der Waals surface area contributed by atoms with Gasteiger partial charge in [-0.15, -0.1) is 0 Å². The quantitative estimate of drug-likeness (QED) is 0.608. The van der Waals surface area contributed by atoms with Gasteiger partial charge in [0.2, 0.25) is 11.7 Å². The fourth-order valence-corrected chi connectivity index (χ4v) is 4.87. The van der Waals surface area contributed by atoms with Crippen LogP contribution < -0.4 is 14.2 Å². The van der Waals surface area contributed by atoms with E-state index in [1.807, 2.05) is 34.9 Å². The SMILES string of the molecule is COc1cc(/C=C/C(=O)N2CCCSC[C@@H]2CN2CCOCC2)cc(OC)c1OC. The van der Waals surface area contributed by atoms with Crippen LogP contribution in [-0.4, -0.2) is 94.0 Å². The lowest BCUT2D eigenvalue weighted by molar-refractivity contribution is -0.128. The molecule has 30 heavy (non-hydrogen) atoms. The second-order valence-electron chi connectivity index (χ2n) is 7.32. The average Bonchev–Trinajstić information content (AvgIpc) is 3.02. The average molecular weight is 437 g/mol. The van der Waals surface area contributed by atoms with Gasteiger partial charge in [-0.25, -0.2) is 0 Å². The van der Waals surface area contributed by atoms with Crippen LogP contribution in [0.2, 0.25) is 0 Å². The highest BCUT2D eigenvalue weighted by molar-refractivity contribution is 7.99. The van der Waals surface area contributed by atoms with Crippen LogP contribution in [0.3, 0.4) is 0 Å². The Hall–Kier alpha value is -1.90. The fraction of sp³-hybridized carbons (Fsp3) is 0.591. The minimum atomic E-state index is 0.0458. The van der Waals surface area contributed by atoms with Crippen LogP contribution in [0.4, 0.5) is 0 Å². The van der Waals surface area contributed by atoms with Crippen LogP contribution in [-0.2, 0) is 9.53 Å². The molecule has 1 aromatic rings. The number of amides is 1. The van der Waals surface area contributed by atoms with Gasteiger partial charge in [-0.3, -0.25) is 9.69 Å². The van der Waals surface area contributed by atoms with Crippen LogP contribution in [0.25, 0.3) is 6.08 Å². The van der Waals surface area contributed by atoms with Crippen molar-refractivity contribution in [2.45, 2.75) is 12.5 Å². The van der Waals surface area contributed by atoms with E-state index in [2.05, 4.69) is 4.90 Å². The molecule has 0 N–H and O–H groups in total. The third kappa shape index (κ3) is 5.83. The number of carbonyl (C=O) groups is 1. The first-order valence-corrected chi connectivity index (χ1v) is 11.5. The Kier molecular flexibility index (Phi) is 8.72. The molecule has 0 aliphatic carbocycles. The van der Waals surface area contributed by atoms with Crippen LogP contribution in [0.1, 0.15) is 12.0 Å². The van der Waals surface area contributed by atoms with Crippen LogP contribution in [0.15, 0.2) is 18.2 Å². The first-order chi connectivity index (χ1) is 14.7. The molecule has 166 valence electrons. The summed E-state index contributed by atoms with van der Waals surface area (Å²) in [7, 11) is 4.74. The largest absolute Gasteiger partial charge is 0.493 e. The topological polar surface area (TPSA) is 60.5 Å². The lowest BCUT2D eigenvalue weighted by Crippen LogP contribution is -2.50. The Morgan fingerprint density at radius 3 is 2.47 bits per heavy atom. The smallest absolute Gasteiger partial charge is 0.246 e. The van der Waals surface area contributed by atoms with E-state index in [1.165, 1.54) is 0 Å².